The van der Waals surface area contributed by atoms with Crippen LogP contribution in [0.4, 0.5) is 15.8 Å². The van der Waals surface area contributed by atoms with E-state index in [4.69, 9.17) is 9.47 Å². The largest absolute Gasteiger partial charge is 0.497 e. The van der Waals surface area contributed by atoms with Crippen molar-refractivity contribution >= 4 is 39.4 Å². The molecular weight excluding hydrogens is 575 g/mol. The molecule has 0 aromatic heterocycles. The number of rotatable bonds is 12. The van der Waals surface area contributed by atoms with E-state index < -0.39 is 34.2 Å². The van der Waals surface area contributed by atoms with Crippen LogP contribution < -0.4 is 24.5 Å². The number of hydrazone groups is 1. The lowest BCUT2D eigenvalue weighted by atomic mass is 10.2. The molecule has 0 saturated carbocycles. The minimum atomic E-state index is -4.09. The van der Waals surface area contributed by atoms with Crippen molar-refractivity contribution in [2.24, 2.45) is 5.10 Å². The van der Waals surface area contributed by atoms with E-state index in [2.05, 4.69) is 15.8 Å². The monoisotopic (exact) mass is 604 g/mol. The number of nitrogens with zero attached hydrogens (tertiary/aromatic N) is 2. The molecule has 0 fully saturated rings. The van der Waals surface area contributed by atoms with Crippen LogP contribution in [0, 0.1) is 12.7 Å². The average Bonchev–Trinajstić information content (AvgIpc) is 3.01. The fourth-order valence-electron chi connectivity index (χ4n) is 3.77. The number of amides is 2. The Labute approximate surface area is 248 Å². The second kappa shape index (κ2) is 14.1. The quantitative estimate of drug-likeness (QED) is 0.181. The Hall–Kier alpha value is -5.23. The summed E-state index contributed by atoms with van der Waals surface area (Å²) in [5, 5.41) is 6.54. The zero-order chi connectivity index (χ0) is 30.8. The molecular formula is C31H29FN4O6S. The topological polar surface area (TPSA) is 126 Å². The molecule has 43 heavy (non-hydrogen) atoms. The summed E-state index contributed by atoms with van der Waals surface area (Å²) in [7, 11) is -2.61. The molecule has 0 radical (unpaired) electrons. The molecule has 0 spiro atoms. The van der Waals surface area contributed by atoms with Gasteiger partial charge >= 0.3 is 0 Å². The third-order valence-electron chi connectivity index (χ3n) is 6.04. The van der Waals surface area contributed by atoms with Gasteiger partial charge in [0.15, 0.2) is 6.61 Å². The lowest BCUT2D eigenvalue weighted by Crippen LogP contribution is -2.39. The van der Waals surface area contributed by atoms with Crippen LogP contribution >= 0.6 is 0 Å². The molecule has 10 nitrogen and oxygen atoms in total. The highest BCUT2D eigenvalue weighted by molar-refractivity contribution is 7.92. The summed E-state index contributed by atoms with van der Waals surface area (Å²) in [4.78, 5) is 24.8. The highest BCUT2D eigenvalue weighted by Crippen LogP contribution is 2.25. The molecule has 0 atom stereocenters. The number of aryl methyl sites for hydroxylation is 1. The second-order valence-corrected chi connectivity index (χ2v) is 11.1. The summed E-state index contributed by atoms with van der Waals surface area (Å²) in [5.41, 5.74) is 4.68. The molecule has 0 bridgehead atoms. The molecule has 222 valence electrons. The zero-order valence-electron chi connectivity index (χ0n) is 23.4. The summed E-state index contributed by atoms with van der Waals surface area (Å²) in [6, 6.07) is 24.6. The molecule has 2 N–H and O–H groups in total. The number of anilines is 2. The Morgan fingerprint density at radius 1 is 0.860 bits per heavy atom. The molecule has 0 aliphatic carbocycles. The second-order valence-electron chi connectivity index (χ2n) is 9.23. The van der Waals surface area contributed by atoms with Crippen LogP contribution in [0.2, 0.25) is 0 Å². The van der Waals surface area contributed by atoms with E-state index in [-0.39, 0.29) is 11.5 Å². The summed E-state index contributed by atoms with van der Waals surface area (Å²) >= 11 is 0. The van der Waals surface area contributed by atoms with Crippen molar-refractivity contribution in [3.05, 3.63) is 114 Å². The number of hydrogen-bond acceptors (Lipinski definition) is 7. The molecule has 4 rings (SSSR count). The SMILES string of the molecule is COc1ccc(S(=O)(=O)N(CC(=O)N/N=C/c2ccc(OCC(=O)Nc3ccc(F)cc3)cc2)c2ccc(C)cc2)cc1. The van der Waals surface area contributed by atoms with E-state index in [1.165, 1.54) is 61.9 Å². The Bertz CT molecular complexity index is 1680. The van der Waals surface area contributed by atoms with Crippen molar-refractivity contribution < 1.29 is 31.9 Å². The van der Waals surface area contributed by atoms with Gasteiger partial charge in [0.25, 0.3) is 21.8 Å². The van der Waals surface area contributed by atoms with Crippen molar-refractivity contribution in [2.45, 2.75) is 11.8 Å². The summed E-state index contributed by atoms with van der Waals surface area (Å²) in [5.74, 6) is -0.540. The van der Waals surface area contributed by atoms with E-state index in [0.717, 1.165) is 9.87 Å². The number of hydrogen-bond donors (Lipinski definition) is 2. The molecule has 2 amide bonds. The molecule has 4 aromatic carbocycles. The maximum Gasteiger partial charge on any atom is 0.264 e. The number of carbonyl (C=O) groups is 2. The number of sulfonamides is 1. The number of methoxy groups -OCH3 is 1. The van der Waals surface area contributed by atoms with Gasteiger partial charge in [-0.25, -0.2) is 18.2 Å². The summed E-state index contributed by atoms with van der Waals surface area (Å²) < 4.78 is 51.6. The van der Waals surface area contributed by atoms with Gasteiger partial charge in [-0.05, 0) is 97.4 Å². The summed E-state index contributed by atoms with van der Waals surface area (Å²) in [6.07, 6.45) is 1.39. The molecule has 4 aromatic rings. The third kappa shape index (κ3) is 8.63. The normalized spacial score (nSPS) is 11.1. The first-order chi connectivity index (χ1) is 20.6. The van der Waals surface area contributed by atoms with E-state index in [9.17, 15) is 22.4 Å². The Kier molecular flexibility index (Phi) is 10.1. The standard InChI is InChI=1S/C31H29FN4O6S/c1-22-3-11-26(12-4-22)36(43(39,40)29-17-15-27(41-2)16-18-29)20-30(37)35-33-19-23-5-13-28(14-6-23)42-21-31(38)34-25-9-7-24(32)8-10-25/h3-19H,20-21H2,1-2H3,(H,34,38)(H,35,37)/b33-19+. The number of nitrogens with one attached hydrogen (secondary N) is 2. The third-order valence-corrected chi connectivity index (χ3v) is 7.83. The minimum Gasteiger partial charge on any atom is -0.497 e. The van der Waals surface area contributed by atoms with Crippen molar-refractivity contribution in [2.75, 3.05) is 29.9 Å². The average molecular weight is 605 g/mol. The molecule has 0 aliphatic rings. The van der Waals surface area contributed by atoms with Gasteiger partial charge in [0.1, 0.15) is 23.9 Å². The highest BCUT2D eigenvalue weighted by atomic mass is 32.2. The molecule has 0 unspecified atom stereocenters. The predicted octanol–water partition coefficient (Wildman–Crippen LogP) is 4.51. The lowest BCUT2D eigenvalue weighted by Gasteiger charge is -2.24. The fourth-order valence-corrected chi connectivity index (χ4v) is 5.20. The van der Waals surface area contributed by atoms with E-state index in [1.54, 1.807) is 48.5 Å². The first-order valence-electron chi connectivity index (χ1n) is 13.0. The number of benzene rings is 4. The van der Waals surface area contributed by atoms with Crippen LogP contribution in [0.5, 0.6) is 11.5 Å². The molecule has 0 heterocycles. The Balaban J connectivity index is 1.35. The van der Waals surface area contributed by atoms with Crippen molar-refractivity contribution in [3.8, 4) is 11.5 Å². The van der Waals surface area contributed by atoms with Crippen molar-refractivity contribution in [1.29, 1.82) is 0 Å². The van der Waals surface area contributed by atoms with E-state index in [1.807, 2.05) is 6.92 Å². The van der Waals surface area contributed by atoms with E-state index >= 15 is 0 Å². The van der Waals surface area contributed by atoms with Gasteiger partial charge in [0.2, 0.25) is 0 Å². The first-order valence-corrected chi connectivity index (χ1v) is 14.4. The minimum absolute atomic E-state index is 0.000390. The molecule has 0 aliphatic heterocycles. The van der Waals surface area contributed by atoms with Gasteiger partial charge < -0.3 is 14.8 Å². The lowest BCUT2D eigenvalue weighted by molar-refractivity contribution is -0.119. The maximum absolute atomic E-state index is 13.5. The van der Waals surface area contributed by atoms with Gasteiger partial charge in [-0.15, -0.1) is 0 Å². The Morgan fingerprint density at radius 3 is 2.12 bits per heavy atom. The molecule has 0 saturated heterocycles. The van der Waals surface area contributed by atoms with Crippen LogP contribution in [-0.2, 0) is 19.6 Å². The predicted molar refractivity (Wildman–Crippen MR) is 161 cm³/mol. The van der Waals surface area contributed by atoms with Crippen molar-refractivity contribution in [1.82, 2.24) is 5.43 Å². The van der Waals surface area contributed by atoms with E-state index in [0.29, 0.717) is 28.4 Å². The van der Waals surface area contributed by atoms with Crippen LogP contribution in [0.15, 0.2) is 107 Å². The van der Waals surface area contributed by atoms with Crippen molar-refractivity contribution in [3.63, 3.8) is 0 Å². The van der Waals surface area contributed by atoms with Gasteiger partial charge in [-0.2, -0.15) is 5.10 Å². The van der Waals surface area contributed by atoms with Gasteiger partial charge in [-0.3, -0.25) is 13.9 Å². The highest BCUT2D eigenvalue weighted by Gasteiger charge is 2.27. The first kappa shape index (κ1) is 30.7. The number of halogens is 1. The number of carbonyl (C=O) groups excluding carboxylic acids is 2. The Morgan fingerprint density at radius 2 is 1.49 bits per heavy atom. The van der Waals surface area contributed by atoms with Crippen LogP contribution in [0.3, 0.4) is 0 Å². The zero-order valence-corrected chi connectivity index (χ0v) is 24.2. The van der Waals surface area contributed by atoms with Crippen LogP contribution in [-0.4, -0.2) is 46.7 Å². The van der Waals surface area contributed by atoms with Crippen LogP contribution in [0.1, 0.15) is 11.1 Å². The smallest absolute Gasteiger partial charge is 0.264 e. The van der Waals surface area contributed by atoms with Gasteiger partial charge in [0, 0.05) is 5.69 Å². The number of ether oxygens (including phenoxy) is 2. The maximum atomic E-state index is 13.5. The van der Waals surface area contributed by atoms with Gasteiger partial charge in [0.05, 0.1) is 23.9 Å². The van der Waals surface area contributed by atoms with Gasteiger partial charge in [-0.1, -0.05) is 17.7 Å². The molecule has 12 heteroatoms. The van der Waals surface area contributed by atoms with Crippen LogP contribution in [0.25, 0.3) is 0 Å². The summed E-state index contributed by atoms with van der Waals surface area (Å²) in [6.45, 7) is 1.11. The fraction of sp³-hybridized carbons (Fsp3) is 0.129.